The predicted octanol–water partition coefficient (Wildman–Crippen LogP) is 3.20. The number of anilines is 1. The Labute approximate surface area is 125 Å². The highest BCUT2D eigenvalue weighted by Crippen LogP contribution is 2.33. The molecule has 1 aromatic carbocycles. The van der Waals surface area contributed by atoms with Gasteiger partial charge in [-0.25, -0.2) is 4.39 Å². The van der Waals surface area contributed by atoms with E-state index in [0.29, 0.717) is 12.1 Å². The molecule has 1 heterocycles. The molecule has 1 atom stereocenters. The van der Waals surface area contributed by atoms with Crippen LogP contribution in [0.5, 0.6) is 0 Å². The highest BCUT2D eigenvalue weighted by Gasteiger charge is 2.34. The van der Waals surface area contributed by atoms with Gasteiger partial charge in [-0.2, -0.15) is 13.2 Å². The Hall–Kier alpha value is -1.34. The zero-order chi connectivity index (χ0) is 14.8. The van der Waals surface area contributed by atoms with E-state index in [1.165, 1.54) is 0 Å². The summed E-state index contributed by atoms with van der Waals surface area (Å²) in [5, 5.41) is 5.47. The number of carbonyl (C=O) groups is 1. The van der Waals surface area contributed by atoms with Crippen LogP contribution in [0.15, 0.2) is 18.2 Å². The van der Waals surface area contributed by atoms with Crippen LogP contribution in [0.25, 0.3) is 0 Å². The molecule has 1 unspecified atom stereocenters. The molecule has 0 spiro atoms. The third-order valence-corrected chi connectivity index (χ3v) is 3.19. The van der Waals surface area contributed by atoms with Gasteiger partial charge in [0, 0.05) is 12.1 Å². The number of rotatable bonds is 3. The van der Waals surface area contributed by atoms with Crippen LogP contribution in [0.4, 0.5) is 23.2 Å². The van der Waals surface area contributed by atoms with E-state index in [0.717, 1.165) is 25.6 Å². The fourth-order valence-electron chi connectivity index (χ4n) is 2.18. The molecule has 0 aromatic heterocycles. The number of amides is 1. The second-order valence-corrected chi connectivity index (χ2v) is 4.80. The molecule has 1 aromatic rings. The Morgan fingerprint density at radius 3 is 2.67 bits per heavy atom. The lowest BCUT2D eigenvalue weighted by Gasteiger charge is -2.12. The van der Waals surface area contributed by atoms with E-state index in [4.69, 9.17) is 0 Å². The lowest BCUT2D eigenvalue weighted by Crippen LogP contribution is -2.19. The minimum absolute atomic E-state index is 0. The molecule has 1 saturated heterocycles. The minimum Gasteiger partial charge on any atom is -0.326 e. The molecule has 0 radical (unpaired) electrons. The topological polar surface area (TPSA) is 41.1 Å². The smallest absolute Gasteiger partial charge is 0.326 e. The van der Waals surface area contributed by atoms with Crippen molar-refractivity contribution in [3.05, 3.63) is 29.6 Å². The van der Waals surface area contributed by atoms with Crippen LogP contribution in [0.2, 0.25) is 0 Å². The summed E-state index contributed by atoms with van der Waals surface area (Å²) in [6.45, 7) is 1.57. The van der Waals surface area contributed by atoms with Crippen LogP contribution in [-0.4, -0.2) is 19.0 Å². The van der Waals surface area contributed by atoms with Gasteiger partial charge >= 0.3 is 6.18 Å². The van der Waals surface area contributed by atoms with Crippen molar-refractivity contribution in [2.75, 3.05) is 18.4 Å². The largest absolute Gasteiger partial charge is 0.419 e. The number of nitrogens with one attached hydrogen (secondary N) is 2. The van der Waals surface area contributed by atoms with E-state index >= 15 is 0 Å². The molecular weight excluding hydrogens is 312 g/mol. The molecule has 8 heteroatoms. The van der Waals surface area contributed by atoms with Crippen LogP contribution in [0.3, 0.4) is 0 Å². The van der Waals surface area contributed by atoms with Crippen LogP contribution < -0.4 is 10.6 Å². The molecule has 21 heavy (non-hydrogen) atoms. The van der Waals surface area contributed by atoms with Gasteiger partial charge in [0.15, 0.2) is 0 Å². The number of halogens is 5. The van der Waals surface area contributed by atoms with E-state index < -0.39 is 17.6 Å². The maximum atomic E-state index is 13.1. The third-order valence-electron chi connectivity index (χ3n) is 3.19. The molecule has 0 aliphatic carbocycles. The van der Waals surface area contributed by atoms with Crippen LogP contribution in [0, 0.1) is 11.7 Å². The summed E-state index contributed by atoms with van der Waals surface area (Å²) in [7, 11) is 0. The van der Waals surface area contributed by atoms with Crippen molar-refractivity contribution in [1.29, 1.82) is 0 Å². The summed E-state index contributed by atoms with van der Waals surface area (Å²) < 4.78 is 50.7. The summed E-state index contributed by atoms with van der Waals surface area (Å²) in [4.78, 5) is 11.7. The van der Waals surface area contributed by atoms with E-state index in [9.17, 15) is 22.4 Å². The molecule has 1 aliphatic rings. The van der Waals surface area contributed by atoms with Crippen molar-refractivity contribution in [3.63, 3.8) is 0 Å². The van der Waals surface area contributed by atoms with Gasteiger partial charge in [0.2, 0.25) is 5.91 Å². The Morgan fingerprint density at radius 2 is 2.10 bits per heavy atom. The first-order chi connectivity index (χ1) is 9.36. The molecule has 1 aliphatic heterocycles. The molecule has 0 bridgehead atoms. The Balaban J connectivity index is 0.00000220. The van der Waals surface area contributed by atoms with Gasteiger partial charge < -0.3 is 10.6 Å². The lowest BCUT2D eigenvalue weighted by atomic mass is 10.0. The lowest BCUT2D eigenvalue weighted by molar-refractivity contribution is -0.140. The maximum Gasteiger partial charge on any atom is 0.419 e. The zero-order valence-electron chi connectivity index (χ0n) is 11.0. The number of benzene rings is 1. The number of hydrogen-bond donors (Lipinski definition) is 2. The van der Waals surface area contributed by atoms with Gasteiger partial charge in [-0.1, -0.05) is 0 Å². The highest BCUT2D eigenvalue weighted by molar-refractivity contribution is 5.91. The number of hydrogen-bond acceptors (Lipinski definition) is 2. The molecular formula is C13H15ClF4N2O. The monoisotopic (exact) mass is 326 g/mol. The molecule has 118 valence electrons. The third kappa shape index (κ3) is 4.86. The van der Waals surface area contributed by atoms with Crippen molar-refractivity contribution in [2.24, 2.45) is 5.92 Å². The quantitative estimate of drug-likeness (QED) is 0.838. The van der Waals surface area contributed by atoms with Crippen molar-refractivity contribution in [3.8, 4) is 0 Å². The zero-order valence-corrected chi connectivity index (χ0v) is 11.8. The van der Waals surface area contributed by atoms with Gasteiger partial charge in [0.25, 0.3) is 0 Å². The average molecular weight is 327 g/mol. The van der Waals surface area contributed by atoms with Gasteiger partial charge in [-0.05, 0) is 43.6 Å². The first kappa shape index (κ1) is 17.7. The minimum atomic E-state index is -4.78. The van der Waals surface area contributed by atoms with E-state index in [1.54, 1.807) is 0 Å². The highest BCUT2D eigenvalue weighted by atomic mass is 35.5. The summed E-state index contributed by atoms with van der Waals surface area (Å²) in [6.07, 6.45) is -3.67. The Kier molecular flexibility index (Phi) is 5.98. The SMILES string of the molecule is Cl.O=C(CC1CCNC1)Nc1ccc(F)c(C(F)(F)F)c1. The van der Waals surface area contributed by atoms with Crippen molar-refractivity contribution >= 4 is 24.0 Å². The molecule has 1 amide bonds. The van der Waals surface area contributed by atoms with Crippen molar-refractivity contribution < 1.29 is 22.4 Å². The van der Waals surface area contributed by atoms with Gasteiger partial charge in [0.05, 0.1) is 5.56 Å². The van der Waals surface area contributed by atoms with E-state index in [2.05, 4.69) is 10.6 Å². The molecule has 1 fully saturated rings. The predicted molar refractivity (Wildman–Crippen MR) is 72.9 cm³/mol. The second-order valence-electron chi connectivity index (χ2n) is 4.80. The fourth-order valence-corrected chi connectivity index (χ4v) is 2.18. The molecule has 2 N–H and O–H groups in total. The first-order valence-electron chi connectivity index (χ1n) is 6.23. The van der Waals surface area contributed by atoms with Gasteiger partial charge in [-0.15, -0.1) is 12.4 Å². The maximum absolute atomic E-state index is 13.1. The van der Waals surface area contributed by atoms with Crippen molar-refractivity contribution in [2.45, 2.75) is 19.0 Å². The first-order valence-corrected chi connectivity index (χ1v) is 6.23. The summed E-state index contributed by atoms with van der Waals surface area (Å²) in [5.74, 6) is -1.52. The number of alkyl halides is 3. The number of carbonyl (C=O) groups excluding carboxylic acids is 1. The molecule has 0 saturated carbocycles. The summed E-state index contributed by atoms with van der Waals surface area (Å²) >= 11 is 0. The normalized spacial score (nSPS) is 18.2. The average Bonchev–Trinajstić information content (AvgIpc) is 2.83. The van der Waals surface area contributed by atoms with E-state index in [1.807, 2.05) is 0 Å². The molecule has 2 rings (SSSR count). The standard InChI is InChI=1S/C13H14F4N2O.ClH/c14-11-2-1-9(6-10(11)13(15,16)17)19-12(20)5-8-3-4-18-7-8;/h1-2,6,8,18H,3-5,7H2,(H,19,20);1H. The Morgan fingerprint density at radius 1 is 1.38 bits per heavy atom. The van der Waals surface area contributed by atoms with Gasteiger partial charge in [0.1, 0.15) is 5.82 Å². The van der Waals surface area contributed by atoms with E-state index in [-0.39, 0.29) is 36.3 Å². The van der Waals surface area contributed by atoms with Gasteiger partial charge in [-0.3, -0.25) is 4.79 Å². The second kappa shape index (κ2) is 7.09. The van der Waals surface area contributed by atoms with Crippen LogP contribution in [0.1, 0.15) is 18.4 Å². The van der Waals surface area contributed by atoms with Crippen LogP contribution in [-0.2, 0) is 11.0 Å². The fraction of sp³-hybridized carbons (Fsp3) is 0.462. The summed E-state index contributed by atoms with van der Waals surface area (Å²) in [5.41, 5.74) is -1.42. The summed E-state index contributed by atoms with van der Waals surface area (Å²) in [6, 6.07) is 2.44. The molecule has 3 nitrogen and oxygen atoms in total. The van der Waals surface area contributed by atoms with Crippen LogP contribution >= 0.6 is 12.4 Å². The Bertz CT molecular complexity index is 501. The van der Waals surface area contributed by atoms with Crippen molar-refractivity contribution in [1.82, 2.24) is 5.32 Å².